The molecule has 37 heavy (non-hydrogen) atoms. The standard InChI is InChI=1S/C27H25N9O/c1-34-13-15-35(16-14-34)20-9-7-19(8-10-20)31-27-29-17-22-24(32-27)25(23-11-12-28-18-30-23)33-36(26(22)37)21-5-3-2-4-6-21/h2-12,17-18H,13-16H2,1H3,(H,29,31,32). The van der Waals surface area contributed by atoms with Gasteiger partial charge >= 0.3 is 0 Å². The van der Waals surface area contributed by atoms with E-state index >= 15 is 0 Å². The second kappa shape index (κ2) is 9.75. The van der Waals surface area contributed by atoms with Gasteiger partial charge in [0, 0.05) is 49.9 Å². The zero-order chi connectivity index (χ0) is 25.2. The Balaban J connectivity index is 1.37. The fourth-order valence-corrected chi connectivity index (χ4v) is 4.38. The number of piperazine rings is 1. The monoisotopic (exact) mass is 491 g/mol. The summed E-state index contributed by atoms with van der Waals surface area (Å²) in [5, 5.41) is 8.25. The summed E-state index contributed by atoms with van der Waals surface area (Å²) < 4.78 is 1.35. The molecule has 4 heterocycles. The van der Waals surface area contributed by atoms with E-state index in [1.165, 1.54) is 22.9 Å². The van der Waals surface area contributed by atoms with Gasteiger partial charge in [-0.3, -0.25) is 4.79 Å². The minimum atomic E-state index is -0.304. The third-order valence-corrected chi connectivity index (χ3v) is 6.45. The average molecular weight is 492 g/mol. The topological polar surface area (TPSA) is 105 Å². The summed E-state index contributed by atoms with van der Waals surface area (Å²) in [4.78, 5) is 35.6. The fraction of sp³-hybridized carbons (Fsp3) is 0.185. The molecule has 0 unspecified atom stereocenters. The normalized spacial score (nSPS) is 14.1. The third kappa shape index (κ3) is 4.62. The zero-order valence-electron chi connectivity index (χ0n) is 20.3. The molecule has 6 rings (SSSR count). The summed E-state index contributed by atoms with van der Waals surface area (Å²) in [5.41, 5.74) is 3.83. The predicted octanol–water partition coefficient (Wildman–Crippen LogP) is 3.13. The van der Waals surface area contributed by atoms with E-state index in [1.807, 2.05) is 42.5 Å². The van der Waals surface area contributed by atoms with Gasteiger partial charge in [-0.1, -0.05) is 18.2 Å². The number of benzene rings is 2. The second-order valence-corrected chi connectivity index (χ2v) is 8.91. The molecular formula is C27H25N9O. The lowest BCUT2D eigenvalue weighted by Crippen LogP contribution is -2.44. The van der Waals surface area contributed by atoms with Crippen molar-refractivity contribution in [3.05, 3.63) is 89.7 Å². The first-order valence-corrected chi connectivity index (χ1v) is 12.1. The number of likely N-dealkylation sites (N-methyl/N-ethyl adjacent to an activating group) is 1. The quantitative estimate of drug-likeness (QED) is 0.397. The van der Waals surface area contributed by atoms with Gasteiger partial charge in [-0.15, -0.1) is 0 Å². The van der Waals surface area contributed by atoms with Gasteiger partial charge < -0.3 is 15.1 Å². The van der Waals surface area contributed by atoms with Crippen LogP contribution in [0, 0.1) is 0 Å². The lowest BCUT2D eigenvalue weighted by atomic mass is 10.2. The van der Waals surface area contributed by atoms with E-state index in [-0.39, 0.29) is 5.56 Å². The smallest absolute Gasteiger partial charge is 0.282 e. The van der Waals surface area contributed by atoms with Crippen LogP contribution in [0.15, 0.2) is 84.2 Å². The molecule has 0 saturated carbocycles. The molecular weight excluding hydrogens is 466 g/mol. The molecule has 0 amide bonds. The van der Waals surface area contributed by atoms with Crippen molar-refractivity contribution in [2.75, 3.05) is 43.4 Å². The van der Waals surface area contributed by atoms with Crippen molar-refractivity contribution in [3.8, 4) is 17.1 Å². The van der Waals surface area contributed by atoms with Crippen LogP contribution in [-0.2, 0) is 0 Å². The summed E-state index contributed by atoms with van der Waals surface area (Å²) in [6.07, 6.45) is 4.62. The van der Waals surface area contributed by atoms with Crippen molar-refractivity contribution >= 4 is 28.2 Å². The van der Waals surface area contributed by atoms with Crippen LogP contribution in [0.1, 0.15) is 0 Å². The molecule has 0 radical (unpaired) electrons. The summed E-state index contributed by atoms with van der Waals surface area (Å²) >= 11 is 0. The number of hydrogen-bond acceptors (Lipinski definition) is 9. The van der Waals surface area contributed by atoms with Crippen LogP contribution in [0.4, 0.5) is 17.3 Å². The number of fused-ring (bicyclic) bond motifs is 1. The Kier molecular flexibility index (Phi) is 5.99. The van der Waals surface area contributed by atoms with E-state index in [0.717, 1.165) is 31.9 Å². The van der Waals surface area contributed by atoms with Gasteiger partial charge in [0.15, 0.2) is 0 Å². The van der Waals surface area contributed by atoms with Crippen LogP contribution in [0.3, 0.4) is 0 Å². The molecule has 10 heteroatoms. The minimum Gasteiger partial charge on any atom is -0.369 e. The Morgan fingerprint density at radius 2 is 1.65 bits per heavy atom. The molecule has 1 aliphatic rings. The third-order valence-electron chi connectivity index (χ3n) is 6.45. The highest BCUT2D eigenvalue weighted by atomic mass is 16.1. The minimum absolute atomic E-state index is 0.304. The van der Waals surface area contributed by atoms with Gasteiger partial charge in [-0.2, -0.15) is 9.78 Å². The van der Waals surface area contributed by atoms with E-state index in [0.29, 0.717) is 33.9 Å². The van der Waals surface area contributed by atoms with E-state index < -0.39 is 0 Å². The maximum atomic E-state index is 13.3. The lowest BCUT2D eigenvalue weighted by Gasteiger charge is -2.34. The molecule has 1 saturated heterocycles. The maximum Gasteiger partial charge on any atom is 0.282 e. The van der Waals surface area contributed by atoms with Crippen LogP contribution in [-0.4, -0.2) is 67.8 Å². The molecule has 10 nitrogen and oxygen atoms in total. The molecule has 0 bridgehead atoms. The van der Waals surface area contributed by atoms with Gasteiger partial charge in [-0.05, 0) is 49.5 Å². The van der Waals surface area contributed by atoms with Crippen molar-refractivity contribution < 1.29 is 0 Å². The summed E-state index contributed by atoms with van der Waals surface area (Å²) in [6, 6.07) is 19.2. The summed E-state index contributed by atoms with van der Waals surface area (Å²) in [5.74, 6) is 0.369. The summed E-state index contributed by atoms with van der Waals surface area (Å²) in [6.45, 7) is 4.13. The molecule has 0 spiro atoms. The largest absolute Gasteiger partial charge is 0.369 e. The molecule has 2 aromatic carbocycles. The Hall–Kier alpha value is -4.70. The molecule has 1 fully saturated rings. The first kappa shape index (κ1) is 22.7. The first-order valence-electron chi connectivity index (χ1n) is 12.1. The Labute approximate surface area is 213 Å². The molecule has 0 aliphatic carbocycles. The van der Waals surface area contributed by atoms with E-state index in [9.17, 15) is 4.79 Å². The Morgan fingerprint density at radius 1 is 0.865 bits per heavy atom. The molecule has 0 atom stereocenters. The number of nitrogens with zero attached hydrogens (tertiary/aromatic N) is 8. The van der Waals surface area contributed by atoms with Crippen molar-refractivity contribution in [3.63, 3.8) is 0 Å². The molecule has 5 aromatic rings. The highest BCUT2D eigenvalue weighted by Gasteiger charge is 2.18. The maximum absolute atomic E-state index is 13.3. The molecule has 1 N–H and O–H groups in total. The molecule has 184 valence electrons. The summed E-state index contributed by atoms with van der Waals surface area (Å²) in [7, 11) is 2.15. The number of nitrogens with one attached hydrogen (secondary N) is 1. The average Bonchev–Trinajstić information content (AvgIpc) is 2.95. The highest BCUT2D eigenvalue weighted by molar-refractivity contribution is 5.90. The van der Waals surface area contributed by atoms with Gasteiger partial charge in [0.1, 0.15) is 17.5 Å². The highest BCUT2D eigenvalue weighted by Crippen LogP contribution is 2.25. The predicted molar refractivity (Wildman–Crippen MR) is 143 cm³/mol. The van der Waals surface area contributed by atoms with Gasteiger partial charge in [0.2, 0.25) is 5.95 Å². The van der Waals surface area contributed by atoms with E-state index in [1.54, 1.807) is 12.3 Å². The fourth-order valence-electron chi connectivity index (χ4n) is 4.38. The van der Waals surface area contributed by atoms with Gasteiger partial charge in [-0.25, -0.2) is 19.9 Å². The first-order chi connectivity index (χ1) is 18.2. The van der Waals surface area contributed by atoms with Crippen LogP contribution in [0.5, 0.6) is 0 Å². The lowest BCUT2D eigenvalue weighted by molar-refractivity contribution is 0.313. The number of anilines is 3. The number of hydrogen-bond donors (Lipinski definition) is 1. The second-order valence-electron chi connectivity index (χ2n) is 8.91. The van der Waals surface area contributed by atoms with Crippen molar-refractivity contribution in [2.24, 2.45) is 0 Å². The van der Waals surface area contributed by atoms with E-state index in [2.05, 4.69) is 59.3 Å². The SMILES string of the molecule is CN1CCN(c2ccc(Nc3ncc4c(=O)n(-c5ccccc5)nc(-c5ccncn5)c4n3)cc2)CC1. The zero-order valence-corrected chi connectivity index (χ0v) is 20.3. The van der Waals surface area contributed by atoms with Crippen LogP contribution < -0.4 is 15.8 Å². The van der Waals surface area contributed by atoms with Crippen molar-refractivity contribution in [1.29, 1.82) is 0 Å². The Bertz CT molecular complexity index is 1580. The van der Waals surface area contributed by atoms with Crippen LogP contribution in [0.2, 0.25) is 0 Å². The van der Waals surface area contributed by atoms with Crippen molar-refractivity contribution in [1.82, 2.24) is 34.6 Å². The van der Waals surface area contributed by atoms with E-state index in [4.69, 9.17) is 0 Å². The van der Waals surface area contributed by atoms with Gasteiger partial charge in [0.25, 0.3) is 5.56 Å². The molecule has 3 aromatic heterocycles. The van der Waals surface area contributed by atoms with Crippen LogP contribution in [0.25, 0.3) is 28.0 Å². The van der Waals surface area contributed by atoms with Crippen LogP contribution >= 0.6 is 0 Å². The Morgan fingerprint density at radius 3 is 2.38 bits per heavy atom. The number of aromatic nitrogens is 6. The van der Waals surface area contributed by atoms with Gasteiger partial charge in [0.05, 0.1) is 16.8 Å². The van der Waals surface area contributed by atoms with Crippen molar-refractivity contribution in [2.45, 2.75) is 0 Å². The molecule has 1 aliphatic heterocycles. The number of rotatable bonds is 5. The number of para-hydroxylation sites is 1.